The molecule has 4 heteroatoms. The molecule has 0 amide bonds. The van der Waals surface area contributed by atoms with Crippen molar-refractivity contribution in [3.63, 3.8) is 0 Å². The highest BCUT2D eigenvalue weighted by atomic mass is 32.1. The van der Waals surface area contributed by atoms with Crippen LogP contribution in [0.15, 0.2) is 10.9 Å². The molecular formula is C8H12N2OS. The third kappa shape index (κ3) is 1.95. The summed E-state index contributed by atoms with van der Waals surface area (Å²) in [6, 6.07) is 0. The van der Waals surface area contributed by atoms with Gasteiger partial charge in [0.2, 0.25) is 5.88 Å². The number of ether oxygens (including phenoxy) is 1. The van der Waals surface area contributed by atoms with Crippen LogP contribution in [0.5, 0.6) is 5.88 Å². The molecule has 3 nitrogen and oxygen atoms in total. The second-order valence-electron chi connectivity index (χ2n) is 2.91. The number of hydrogen-bond donors (Lipinski definition) is 1. The molecule has 2 heterocycles. The fraction of sp³-hybridized carbons (Fsp3) is 0.625. The van der Waals surface area contributed by atoms with E-state index in [4.69, 9.17) is 4.74 Å². The first-order valence-corrected chi connectivity index (χ1v) is 5.15. The highest BCUT2D eigenvalue weighted by molar-refractivity contribution is 7.07. The second kappa shape index (κ2) is 3.87. The van der Waals surface area contributed by atoms with Gasteiger partial charge in [-0.05, 0) is 19.4 Å². The first kappa shape index (κ1) is 8.01. The molecule has 0 saturated carbocycles. The summed E-state index contributed by atoms with van der Waals surface area (Å²) in [6.45, 7) is 2.08. The molecule has 0 radical (unpaired) electrons. The Morgan fingerprint density at radius 1 is 1.67 bits per heavy atom. The van der Waals surface area contributed by atoms with Crippen molar-refractivity contribution in [1.82, 2.24) is 10.3 Å². The summed E-state index contributed by atoms with van der Waals surface area (Å²) in [6.07, 6.45) is 2.67. The smallest absolute Gasteiger partial charge is 0.224 e. The average molecular weight is 184 g/mol. The Balaban J connectivity index is 1.86. The van der Waals surface area contributed by atoms with Crippen molar-refractivity contribution in [3.05, 3.63) is 10.9 Å². The molecule has 0 aromatic carbocycles. The lowest BCUT2D eigenvalue weighted by atomic mass is 10.1. The van der Waals surface area contributed by atoms with Crippen LogP contribution in [0, 0.1) is 0 Å². The van der Waals surface area contributed by atoms with Crippen LogP contribution in [0.1, 0.15) is 12.8 Å². The number of rotatable bonds is 2. The maximum Gasteiger partial charge on any atom is 0.224 e. The highest BCUT2D eigenvalue weighted by Gasteiger charge is 2.14. The number of hydrogen-bond acceptors (Lipinski definition) is 4. The van der Waals surface area contributed by atoms with E-state index in [2.05, 4.69) is 10.3 Å². The van der Waals surface area contributed by atoms with Crippen LogP contribution in [-0.2, 0) is 0 Å². The van der Waals surface area contributed by atoms with E-state index >= 15 is 0 Å². The van der Waals surface area contributed by atoms with Crippen molar-refractivity contribution in [1.29, 1.82) is 0 Å². The van der Waals surface area contributed by atoms with E-state index < -0.39 is 0 Å². The molecule has 0 bridgehead atoms. The Kier molecular flexibility index (Phi) is 2.58. The number of aromatic nitrogens is 1. The van der Waals surface area contributed by atoms with E-state index in [9.17, 15) is 0 Å². The molecule has 1 aromatic heterocycles. The highest BCUT2D eigenvalue weighted by Crippen LogP contribution is 2.14. The normalized spacial score (nSPS) is 23.8. The topological polar surface area (TPSA) is 34.1 Å². The molecule has 1 aliphatic rings. The molecule has 1 aromatic rings. The maximum atomic E-state index is 5.63. The summed E-state index contributed by atoms with van der Waals surface area (Å²) in [4.78, 5) is 4.08. The van der Waals surface area contributed by atoms with Crippen molar-refractivity contribution in [2.24, 2.45) is 0 Å². The fourth-order valence-corrected chi connectivity index (χ4v) is 1.81. The van der Waals surface area contributed by atoms with Gasteiger partial charge in [0, 0.05) is 6.54 Å². The predicted molar refractivity (Wildman–Crippen MR) is 48.6 cm³/mol. The van der Waals surface area contributed by atoms with Crippen molar-refractivity contribution in [3.8, 4) is 5.88 Å². The predicted octanol–water partition coefficient (Wildman–Crippen LogP) is 1.27. The molecule has 0 spiro atoms. The minimum absolute atomic E-state index is 0.320. The fourth-order valence-electron chi connectivity index (χ4n) is 1.35. The van der Waals surface area contributed by atoms with Crippen molar-refractivity contribution in [2.45, 2.75) is 18.9 Å². The molecule has 1 N–H and O–H groups in total. The standard InChI is InChI=1S/C8H12N2OS/c1-2-7(4-9-3-1)11-8-5-12-6-10-8/h5-7,9H,1-4H2. The van der Waals surface area contributed by atoms with Gasteiger partial charge in [-0.25, -0.2) is 4.98 Å². The van der Waals surface area contributed by atoms with E-state index in [-0.39, 0.29) is 0 Å². The van der Waals surface area contributed by atoms with Gasteiger partial charge in [-0.1, -0.05) is 0 Å². The van der Waals surface area contributed by atoms with Crippen molar-refractivity contribution >= 4 is 11.3 Å². The van der Waals surface area contributed by atoms with Gasteiger partial charge < -0.3 is 10.1 Å². The van der Waals surface area contributed by atoms with Gasteiger partial charge >= 0.3 is 0 Å². The van der Waals surface area contributed by atoms with Crippen molar-refractivity contribution in [2.75, 3.05) is 13.1 Å². The van der Waals surface area contributed by atoms with Crippen LogP contribution in [0.25, 0.3) is 0 Å². The molecule has 66 valence electrons. The minimum atomic E-state index is 0.320. The third-order valence-corrected chi connectivity index (χ3v) is 2.51. The number of piperidine rings is 1. The number of thiazole rings is 1. The zero-order chi connectivity index (χ0) is 8.23. The van der Waals surface area contributed by atoms with Crippen LogP contribution in [0.4, 0.5) is 0 Å². The third-order valence-electron chi connectivity index (χ3n) is 1.95. The quantitative estimate of drug-likeness (QED) is 0.751. The Hall–Kier alpha value is -0.610. The molecule has 1 atom stereocenters. The van der Waals surface area contributed by atoms with E-state index in [1.807, 2.05) is 5.38 Å². The largest absolute Gasteiger partial charge is 0.472 e. The minimum Gasteiger partial charge on any atom is -0.472 e. The van der Waals surface area contributed by atoms with Crippen LogP contribution in [0.3, 0.4) is 0 Å². The van der Waals surface area contributed by atoms with Crippen LogP contribution < -0.4 is 10.1 Å². The second-order valence-corrected chi connectivity index (χ2v) is 3.63. The van der Waals surface area contributed by atoms with E-state index in [0.717, 1.165) is 25.4 Å². The first-order chi connectivity index (χ1) is 5.95. The Morgan fingerprint density at radius 2 is 2.67 bits per heavy atom. The summed E-state index contributed by atoms with van der Waals surface area (Å²) in [5.41, 5.74) is 1.80. The molecule has 1 saturated heterocycles. The molecular weight excluding hydrogens is 172 g/mol. The summed E-state index contributed by atoms with van der Waals surface area (Å²) in [7, 11) is 0. The Labute approximate surface area is 75.8 Å². The molecule has 12 heavy (non-hydrogen) atoms. The maximum absolute atomic E-state index is 5.63. The molecule has 0 aliphatic carbocycles. The SMILES string of the molecule is c1nc(OC2CCCNC2)cs1. The molecule has 1 fully saturated rings. The lowest BCUT2D eigenvalue weighted by Gasteiger charge is -2.22. The van der Waals surface area contributed by atoms with Gasteiger partial charge in [-0.3, -0.25) is 0 Å². The van der Waals surface area contributed by atoms with Crippen LogP contribution in [0.2, 0.25) is 0 Å². The lowest BCUT2D eigenvalue weighted by molar-refractivity contribution is 0.161. The molecule has 1 unspecified atom stereocenters. The zero-order valence-corrected chi connectivity index (χ0v) is 7.64. The number of nitrogens with one attached hydrogen (secondary N) is 1. The summed E-state index contributed by atoms with van der Waals surface area (Å²) in [5.74, 6) is 0.772. The van der Waals surface area contributed by atoms with Crippen LogP contribution >= 0.6 is 11.3 Å². The van der Waals surface area contributed by atoms with Gasteiger partial charge in [0.25, 0.3) is 0 Å². The van der Waals surface area contributed by atoms with E-state index in [1.54, 1.807) is 16.8 Å². The van der Waals surface area contributed by atoms with Gasteiger partial charge in [-0.2, -0.15) is 0 Å². The lowest BCUT2D eigenvalue weighted by Crippen LogP contribution is -2.37. The first-order valence-electron chi connectivity index (χ1n) is 4.21. The molecule has 2 rings (SSSR count). The van der Waals surface area contributed by atoms with E-state index in [1.165, 1.54) is 6.42 Å². The van der Waals surface area contributed by atoms with Crippen molar-refractivity contribution < 1.29 is 4.74 Å². The van der Waals surface area contributed by atoms with E-state index in [0.29, 0.717) is 6.10 Å². The summed E-state index contributed by atoms with van der Waals surface area (Å²) in [5, 5.41) is 5.24. The zero-order valence-electron chi connectivity index (χ0n) is 6.82. The van der Waals surface area contributed by atoms with Gasteiger partial charge in [0.15, 0.2) is 0 Å². The van der Waals surface area contributed by atoms with Crippen LogP contribution in [-0.4, -0.2) is 24.2 Å². The van der Waals surface area contributed by atoms with Gasteiger partial charge in [-0.15, -0.1) is 11.3 Å². The van der Waals surface area contributed by atoms with Gasteiger partial charge in [0.05, 0.1) is 10.9 Å². The Morgan fingerprint density at radius 3 is 3.33 bits per heavy atom. The summed E-state index contributed by atoms with van der Waals surface area (Å²) >= 11 is 1.57. The molecule has 1 aliphatic heterocycles. The van der Waals surface area contributed by atoms with Gasteiger partial charge in [0.1, 0.15) is 6.10 Å². The monoisotopic (exact) mass is 184 g/mol. The average Bonchev–Trinajstić information content (AvgIpc) is 2.59. The Bertz CT molecular complexity index is 219. The summed E-state index contributed by atoms with van der Waals surface area (Å²) < 4.78 is 5.63. The number of nitrogens with zero attached hydrogens (tertiary/aromatic N) is 1.